The van der Waals surface area contributed by atoms with E-state index in [4.69, 9.17) is 0 Å². The van der Waals surface area contributed by atoms with Crippen LogP contribution in [-0.4, -0.2) is 14.8 Å². The molecule has 0 spiro atoms. The fraction of sp³-hybridized carbons (Fsp3) is 0.286. The molecule has 0 aliphatic heterocycles. The maximum atomic E-state index is 4.13. The molecule has 6 heteroatoms. The molecule has 0 aliphatic carbocycles. The summed E-state index contributed by atoms with van der Waals surface area (Å²) >= 11 is 3.57. The second-order valence-corrected chi connectivity index (χ2v) is 6.63. The van der Waals surface area contributed by atoms with Crippen LogP contribution in [0, 0.1) is 0 Å². The van der Waals surface area contributed by atoms with Gasteiger partial charge in [-0.3, -0.25) is 0 Å². The summed E-state index contributed by atoms with van der Waals surface area (Å²) < 4.78 is 1.95. The molecule has 0 radical (unpaired) electrons. The van der Waals surface area contributed by atoms with Crippen LogP contribution in [0.1, 0.15) is 23.7 Å². The van der Waals surface area contributed by atoms with Gasteiger partial charge in [0.1, 0.15) is 12.2 Å². The predicted octanol–water partition coefficient (Wildman–Crippen LogP) is 3.46. The van der Waals surface area contributed by atoms with Crippen molar-refractivity contribution in [1.82, 2.24) is 20.1 Å². The Morgan fingerprint density at radius 1 is 1.40 bits per heavy atom. The first-order valence-electron chi connectivity index (χ1n) is 6.42. The minimum Gasteiger partial charge on any atom is -0.319 e. The summed E-state index contributed by atoms with van der Waals surface area (Å²) in [5.41, 5.74) is 1.31. The molecular weight excluding hydrogens is 288 g/mol. The zero-order valence-corrected chi connectivity index (χ0v) is 13.0. The number of nitrogens with zero attached hydrogens (tertiary/aromatic N) is 3. The van der Waals surface area contributed by atoms with Gasteiger partial charge in [-0.25, -0.2) is 0 Å². The molecule has 0 aliphatic rings. The Morgan fingerprint density at radius 2 is 2.30 bits per heavy atom. The van der Waals surface area contributed by atoms with Crippen molar-refractivity contribution < 1.29 is 0 Å². The zero-order chi connectivity index (χ0) is 13.9. The highest BCUT2D eigenvalue weighted by molar-refractivity contribution is 7.14. The van der Waals surface area contributed by atoms with Crippen molar-refractivity contribution in [1.29, 1.82) is 0 Å². The Bertz CT molecular complexity index is 669. The van der Waals surface area contributed by atoms with Crippen LogP contribution in [0.15, 0.2) is 35.3 Å². The summed E-state index contributed by atoms with van der Waals surface area (Å²) in [7, 11) is 1.97. The fourth-order valence-electron chi connectivity index (χ4n) is 2.07. The molecule has 0 saturated heterocycles. The molecule has 4 nitrogen and oxygen atoms in total. The van der Waals surface area contributed by atoms with Crippen LogP contribution >= 0.6 is 22.7 Å². The van der Waals surface area contributed by atoms with Crippen molar-refractivity contribution in [3.63, 3.8) is 0 Å². The van der Waals surface area contributed by atoms with Crippen LogP contribution in [0.3, 0.4) is 0 Å². The lowest BCUT2D eigenvalue weighted by Crippen LogP contribution is -2.20. The van der Waals surface area contributed by atoms with Gasteiger partial charge in [0.25, 0.3) is 0 Å². The Kier molecular flexibility index (Phi) is 3.95. The van der Waals surface area contributed by atoms with Crippen molar-refractivity contribution in [2.75, 3.05) is 0 Å². The second kappa shape index (κ2) is 5.87. The van der Waals surface area contributed by atoms with Gasteiger partial charge < -0.3 is 9.88 Å². The van der Waals surface area contributed by atoms with Crippen LogP contribution in [0.5, 0.6) is 0 Å². The molecule has 1 N–H and O–H groups in total. The van der Waals surface area contributed by atoms with Gasteiger partial charge in [0.05, 0.1) is 6.04 Å². The van der Waals surface area contributed by atoms with Gasteiger partial charge in [0.2, 0.25) is 0 Å². The summed E-state index contributed by atoms with van der Waals surface area (Å²) in [6, 6.07) is 6.69. The normalized spacial score (nSPS) is 12.7. The maximum absolute atomic E-state index is 4.13. The molecule has 3 heterocycles. The number of aromatic nitrogens is 3. The van der Waals surface area contributed by atoms with E-state index >= 15 is 0 Å². The lowest BCUT2D eigenvalue weighted by Gasteiger charge is -2.11. The minimum atomic E-state index is 0.190. The van der Waals surface area contributed by atoms with Gasteiger partial charge in [-0.1, -0.05) is 6.07 Å². The Balaban J connectivity index is 1.63. The largest absolute Gasteiger partial charge is 0.319 e. The molecular formula is C14H16N4S2. The van der Waals surface area contributed by atoms with Gasteiger partial charge in [-0.05, 0) is 29.8 Å². The highest BCUT2D eigenvalue weighted by Gasteiger charge is 2.11. The minimum absolute atomic E-state index is 0.190. The molecule has 0 saturated carbocycles. The molecule has 20 heavy (non-hydrogen) atoms. The highest BCUT2D eigenvalue weighted by Crippen LogP contribution is 2.29. The summed E-state index contributed by atoms with van der Waals surface area (Å²) in [5.74, 6) is 0.958. The van der Waals surface area contributed by atoms with Crippen LogP contribution in [0.4, 0.5) is 0 Å². The first-order valence-corrected chi connectivity index (χ1v) is 8.18. The number of hydrogen-bond acceptors (Lipinski definition) is 5. The second-order valence-electron chi connectivity index (χ2n) is 4.68. The topological polar surface area (TPSA) is 42.7 Å². The van der Waals surface area contributed by atoms with Crippen molar-refractivity contribution >= 4 is 22.7 Å². The van der Waals surface area contributed by atoms with Gasteiger partial charge >= 0.3 is 0 Å². The van der Waals surface area contributed by atoms with Gasteiger partial charge in [0.15, 0.2) is 0 Å². The molecule has 0 amide bonds. The van der Waals surface area contributed by atoms with E-state index in [1.54, 1.807) is 29.0 Å². The molecule has 0 aromatic carbocycles. The lowest BCUT2D eigenvalue weighted by atomic mass is 10.2. The number of rotatable bonds is 5. The molecule has 104 valence electrons. The van der Waals surface area contributed by atoms with E-state index in [0.29, 0.717) is 0 Å². The van der Waals surface area contributed by atoms with Crippen molar-refractivity contribution in [2.24, 2.45) is 7.05 Å². The quantitative estimate of drug-likeness (QED) is 0.785. The van der Waals surface area contributed by atoms with E-state index in [-0.39, 0.29) is 6.04 Å². The van der Waals surface area contributed by atoms with Crippen molar-refractivity contribution in [3.8, 4) is 10.4 Å². The molecule has 3 rings (SSSR count). The monoisotopic (exact) mass is 304 g/mol. The Labute approximate surface area is 126 Å². The standard InChI is InChI=1S/C14H16N4S2/c1-10(14-17-16-9-18(14)2)15-7-12-6-11(8-20-12)13-4-3-5-19-13/h3-6,8-10,15H,7H2,1-2H3. The third kappa shape index (κ3) is 2.82. The molecule has 1 atom stereocenters. The molecule has 0 bridgehead atoms. The Morgan fingerprint density at radius 3 is 3.00 bits per heavy atom. The summed E-state index contributed by atoms with van der Waals surface area (Å²) in [5, 5.41) is 15.9. The number of thiophene rings is 2. The zero-order valence-electron chi connectivity index (χ0n) is 11.4. The smallest absolute Gasteiger partial charge is 0.149 e. The summed E-state index contributed by atoms with van der Waals surface area (Å²) in [4.78, 5) is 2.66. The van der Waals surface area contributed by atoms with Crippen LogP contribution in [0.2, 0.25) is 0 Å². The van der Waals surface area contributed by atoms with Gasteiger partial charge in [0, 0.05) is 28.9 Å². The molecule has 0 fully saturated rings. The van der Waals surface area contributed by atoms with E-state index in [2.05, 4.69) is 51.4 Å². The first kappa shape index (κ1) is 13.5. The van der Waals surface area contributed by atoms with E-state index < -0.39 is 0 Å². The third-order valence-electron chi connectivity index (χ3n) is 3.18. The summed E-state index contributed by atoms with van der Waals surface area (Å²) in [6.07, 6.45) is 1.73. The Hall–Kier alpha value is -1.50. The van der Waals surface area contributed by atoms with Crippen LogP contribution < -0.4 is 5.32 Å². The molecule has 3 aromatic rings. The van der Waals surface area contributed by atoms with Crippen molar-refractivity contribution in [3.05, 3.63) is 46.0 Å². The fourth-order valence-corrected chi connectivity index (χ4v) is 3.70. The average molecular weight is 304 g/mol. The van der Waals surface area contributed by atoms with Gasteiger partial charge in [-0.2, -0.15) is 0 Å². The van der Waals surface area contributed by atoms with Gasteiger partial charge in [-0.15, -0.1) is 32.9 Å². The highest BCUT2D eigenvalue weighted by atomic mass is 32.1. The maximum Gasteiger partial charge on any atom is 0.149 e. The van der Waals surface area contributed by atoms with E-state index in [1.807, 2.05) is 11.6 Å². The van der Waals surface area contributed by atoms with E-state index in [1.165, 1.54) is 15.3 Å². The SMILES string of the molecule is CC(NCc1cc(-c2cccs2)cs1)c1nncn1C. The molecule has 1 unspecified atom stereocenters. The number of aryl methyl sites for hydroxylation is 1. The third-order valence-corrected chi connectivity index (χ3v) is 5.03. The van der Waals surface area contributed by atoms with Crippen molar-refractivity contribution in [2.45, 2.75) is 19.5 Å². The average Bonchev–Trinajstić information content (AvgIpc) is 3.16. The number of hydrogen-bond donors (Lipinski definition) is 1. The van der Waals surface area contributed by atoms with E-state index in [9.17, 15) is 0 Å². The first-order chi connectivity index (χ1) is 9.74. The lowest BCUT2D eigenvalue weighted by molar-refractivity contribution is 0.531. The summed E-state index contributed by atoms with van der Waals surface area (Å²) in [6.45, 7) is 2.96. The van der Waals surface area contributed by atoms with Crippen LogP contribution in [-0.2, 0) is 13.6 Å². The predicted molar refractivity (Wildman–Crippen MR) is 83.9 cm³/mol. The van der Waals surface area contributed by atoms with Crippen LogP contribution in [0.25, 0.3) is 10.4 Å². The van der Waals surface area contributed by atoms with E-state index in [0.717, 1.165) is 12.4 Å². The molecule has 3 aromatic heterocycles. The number of nitrogens with one attached hydrogen (secondary N) is 1.